The largest absolute Gasteiger partial charge is 0.478 e. The second kappa shape index (κ2) is 19.3. The first-order chi connectivity index (χ1) is 29.2. The second-order valence-electron chi connectivity index (χ2n) is 14.9. The third kappa shape index (κ3) is 9.99. The normalized spacial score (nSPS) is 13.8. The number of rotatable bonds is 6. The highest BCUT2D eigenvalue weighted by Gasteiger charge is 2.23. The molecule has 0 bridgehead atoms. The average Bonchev–Trinajstić information content (AvgIpc) is 3.26. The van der Waals surface area contributed by atoms with Gasteiger partial charge in [-0.25, -0.2) is 34.7 Å². The number of halogens is 2. The monoisotopic (exact) mass is 861 g/mol. The molecule has 316 valence electrons. The number of aliphatic carboxylic acids is 1. The van der Waals surface area contributed by atoms with Gasteiger partial charge in [-0.2, -0.15) is 0 Å². The van der Waals surface area contributed by atoms with E-state index in [-0.39, 0.29) is 5.91 Å². The molecule has 8 rings (SSSR count). The lowest BCUT2D eigenvalue weighted by atomic mass is 10.0. The van der Waals surface area contributed by atoms with E-state index in [1.807, 2.05) is 64.1 Å². The Labute approximate surface area is 365 Å². The summed E-state index contributed by atoms with van der Waals surface area (Å²) in [5.41, 5.74) is 21.1. The Hall–Kier alpha value is -6.38. The smallest absolute Gasteiger partial charge is 0.327 e. The number of aryl methyl sites for hydroxylation is 2. The summed E-state index contributed by atoms with van der Waals surface area (Å²) in [6.07, 6.45) is 9.05. The van der Waals surface area contributed by atoms with E-state index in [1.165, 1.54) is 25.3 Å². The number of nitrogens with two attached hydrogens (primary N) is 2. The molecule has 6 heterocycles. The molecule has 4 aromatic heterocycles. The van der Waals surface area contributed by atoms with Crippen LogP contribution in [0.5, 0.6) is 0 Å². The molecule has 2 aromatic carbocycles. The third-order valence-electron chi connectivity index (χ3n) is 10.9. The van der Waals surface area contributed by atoms with E-state index in [0.717, 1.165) is 97.4 Å². The van der Waals surface area contributed by atoms with Gasteiger partial charge in [0.15, 0.2) is 0 Å². The van der Waals surface area contributed by atoms with Crippen molar-refractivity contribution in [2.45, 2.75) is 47.0 Å². The van der Waals surface area contributed by atoms with Crippen LogP contribution in [-0.4, -0.2) is 91.1 Å². The van der Waals surface area contributed by atoms with Crippen molar-refractivity contribution < 1.29 is 14.7 Å². The Morgan fingerprint density at radius 3 is 1.48 bits per heavy atom. The number of hydrogen-bond acceptors (Lipinski definition) is 12. The summed E-state index contributed by atoms with van der Waals surface area (Å²) in [6.45, 7) is 19.3. The number of piperazine rings is 1. The van der Waals surface area contributed by atoms with Crippen molar-refractivity contribution in [2.24, 2.45) is 0 Å². The zero-order valence-corrected chi connectivity index (χ0v) is 36.3. The van der Waals surface area contributed by atoms with E-state index in [2.05, 4.69) is 52.9 Å². The fraction of sp³-hybridized carbons (Fsp3) is 0.289. The van der Waals surface area contributed by atoms with Crippen molar-refractivity contribution >= 4 is 80.2 Å². The number of carboxylic acids is 1. The molecule has 0 saturated carbocycles. The van der Waals surface area contributed by atoms with Gasteiger partial charge in [-0.15, -0.1) is 0 Å². The number of aromatic nitrogens is 6. The first-order valence-corrected chi connectivity index (χ1v) is 20.6. The lowest BCUT2D eigenvalue weighted by Crippen LogP contribution is -2.48. The standard InChI is InChI=1S/C22H23ClN6O.C20H22ClN5.C3H4O2/c1-4-20(30)28-5-7-29(8-6-28)22-16-10-17(23)15(11-18(16)25-12-26-22)21-14(3)13(2)9-19(24)27-21;1-12-8-18(22)25-19(13(12)2)14-10-17-15(9-16(14)21)20(24-11-23-17)26-6-4-3-5-7-26;1-2-3(4)5/h4,9-12H,1,5-8H2,2-3H3,(H2,24,27);8-11H,3-7H2,1-2H3,(H2,22,25);2H,1H2,(H,4,5). The number of carbonyl (C=O) groups is 2. The minimum absolute atomic E-state index is 0.0461. The molecule has 2 saturated heterocycles. The van der Waals surface area contributed by atoms with Crippen molar-refractivity contribution in [3.8, 4) is 22.5 Å². The van der Waals surface area contributed by atoms with Crippen LogP contribution in [0.3, 0.4) is 0 Å². The van der Waals surface area contributed by atoms with E-state index >= 15 is 0 Å². The first-order valence-electron chi connectivity index (χ1n) is 19.8. The number of anilines is 4. The van der Waals surface area contributed by atoms with Crippen LogP contribution in [0.25, 0.3) is 44.3 Å². The number of fused-ring (bicyclic) bond motifs is 2. The fourth-order valence-electron chi connectivity index (χ4n) is 7.42. The lowest BCUT2D eigenvalue weighted by Gasteiger charge is -2.35. The SMILES string of the molecule is C=CC(=O)N1CCN(c2ncnc3cc(-c4nc(N)cc(C)c4C)c(Cl)cc23)CC1.C=CC(=O)O.Cc1cc(N)nc(-c2cc3ncnc(N4CCCCC4)c3cc2Cl)c1C. The molecule has 6 aromatic rings. The highest BCUT2D eigenvalue weighted by Crippen LogP contribution is 2.38. The van der Waals surface area contributed by atoms with Crippen molar-refractivity contribution in [1.82, 2.24) is 34.8 Å². The van der Waals surface area contributed by atoms with Crippen molar-refractivity contribution in [2.75, 3.05) is 60.5 Å². The fourth-order valence-corrected chi connectivity index (χ4v) is 7.92. The molecule has 2 fully saturated rings. The number of pyridine rings is 2. The van der Waals surface area contributed by atoms with Gasteiger partial charge < -0.3 is 31.3 Å². The maximum atomic E-state index is 11.8. The predicted molar refractivity (Wildman–Crippen MR) is 246 cm³/mol. The number of piperidine rings is 1. The number of nitrogen functional groups attached to an aromatic ring is 2. The average molecular weight is 863 g/mol. The van der Waals surface area contributed by atoms with E-state index in [4.69, 9.17) is 39.8 Å². The van der Waals surface area contributed by atoms with Crippen LogP contribution < -0.4 is 21.3 Å². The molecule has 0 spiro atoms. The summed E-state index contributed by atoms with van der Waals surface area (Å²) >= 11 is 13.4. The molecule has 0 aliphatic carbocycles. The van der Waals surface area contributed by atoms with Gasteiger partial charge in [0.25, 0.3) is 0 Å². The molecule has 5 N–H and O–H groups in total. The number of carbonyl (C=O) groups excluding carboxylic acids is 1. The maximum absolute atomic E-state index is 11.8. The van der Waals surface area contributed by atoms with Crippen molar-refractivity contribution in [1.29, 1.82) is 0 Å². The van der Waals surface area contributed by atoms with E-state index < -0.39 is 5.97 Å². The molecule has 14 nitrogen and oxygen atoms in total. The Kier molecular flexibility index (Phi) is 14.0. The van der Waals surface area contributed by atoms with Gasteiger partial charge in [0, 0.05) is 67.2 Å². The second-order valence-corrected chi connectivity index (χ2v) is 15.7. The summed E-state index contributed by atoms with van der Waals surface area (Å²) in [4.78, 5) is 54.4. The summed E-state index contributed by atoms with van der Waals surface area (Å²) < 4.78 is 0. The number of carboxylic acid groups (broad SMARTS) is 1. The van der Waals surface area contributed by atoms with Crippen LogP contribution in [0.15, 0.2) is 74.4 Å². The molecule has 1 amide bonds. The van der Waals surface area contributed by atoms with Crippen molar-refractivity contribution in [3.05, 3.63) is 107 Å². The summed E-state index contributed by atoms with van der Waals surface area (Å²) in [5.74, 6) is 1.71. The number of benzene rings is 2. The molecule has 61 heavy (non-hydrogen) atoms. The minimum Gasteiger partial charge on any atom is -0.478 e. The Balaban J connectivity index is 0.000000185. The van der Waals surface area contributed by atoms with Crippen LogP contribution in [0.1, 0.15) is 41.5 Å². The molecule has 0 radical (unpaired) electrons. The maximum Gasteiger partial charge on any atom is 0.327 e. The Morgan fingerprint density at radius 1 is 0.639 bits per heavy atom. The molecule has 2 aliphatic rings. The van der Waals surface area contributed by atoms with Gasteiger partial charge in [0.1, 0.15) is 35.9 Å². The van der Waals surface area contributed by atoms with Crippen LogP contribution >= 0.6 is 23.2 Å². The third-order valence-corrected chi connectivity index (χ3v) is 11.5. The lowest BCUT2D eigenvalue weighted by molar-refractivity contribution is -0.131. The van der Waals surface area contributed by atoms with Gasteiger partial charge >= 0.3 is 5.97 Å². The zero-order chi connectivity index (χ0) is 44.0. The number of nitrogens with zero attached hydrogens (tertiary/aromatic N) is 9. The van der Waals surface area contributed by atoms with E-state index in [1.54, 1.807) is 17.6 Å². The van der Waals surface area contributed by atoms with Crippen LogP contribution in [0, 0.1) is 27.7 Å². The first kappa shape index (κ1) is 44.2. The topological polar surface area (TPSA) is 193 Å². The summed E-state index contributed by atoms with van der Waals surface area (Å²) in [5, 5.41) is 10.7. The van der Waals surface area contributed by atoms with Gasteiger partial charge in [0.2, 0.25) is 5.91 Å². The van der Waals surface area contributed by atoms with E-state index in [0.29, 0.717) is 47.9 Å². The minimum atomic E-state index is -0.981. The zero-order valence-electron chi connectivity index (χ0n) is 34.8. The summed E-state index contributed by atoms with van der Waals surface area (Å²) in [6, 6.07) is 11.5. The van der Waals surface area contributed by atoms with Gasteiger partial charge in [-0.1, -0.05) is 36.4 Å². The molecule has 0 atom stereocenters. The van der Waals surface area contributed by atoms with E-state index in [9.17, 15) is 9.59 Å². The summed E-state index contributed by atoms with van der Waals surface area (Å²) in [7, 11) is 0. The number of amides is 1. The highest BCUT2D eigenvalue weighted by atomic mass is 35.5. The quantitative estimate of drug-likeness (QED) is 0.136. The van der Waals surface area contributed by atoms with Crippen molar-refractivity contribution in [3.63, 3.8) is 0 Å². The molecular formula is C45H49Cl2N11O3. The number of hydrogen-bond donors (Lipinski definition) is 3. The molecule has 0 unspecified atom stereocenters. The van der Waals surface area contributed by atoms with Crippen LogP contribution in [-0.2, 0) is 9.59 Å². The van der Waals surface area contributed by atoms with Gasteiger partial charge in [-0.05, 0) is 112 Å². The Bertz CT molecular complexity index is 2640. The Morgan fingerprint density at radius 2 is 1.07 bits per heavy atom. The predicted octanol–water partition coefficient (Wildman–Crippen LogP) is 8.17. The van der Waals surface area contributed by atoms with Crippen LogP contribution in [0.4, 0.5) is 23.3 Å². The molecule has 2 aliphatic heterocycles. The van der Waals surface area contributed by atoms with Gasteiger partial charge in [-0.3, -0.25) is 4.79 Å². The molecule has 16 heteroatoms. The highest BCUT2D eigenvalue weighted by molar-refractivity contribution is 6.35. The molecular weight excluding hydrogens is 813 g/mol. The van der Waals surface area contributed by atoms with Crippen LogP contribution in [0.2, 0.25) is 10.0 Å². The van der Waals surface area contributed by atoms with Gasteiger partial charge in [0.05, 0.1) is 32.5 Å².